The maximum Gasteiger partial charge on any atom is 0.363 e. The Morgan fingerprint density at radius 3 is 2.26 bits per heavy atom. The number of benzene rings is 2. The zero-order valence-corrected chi connectivity index (χ0v) is 13.8. The van der Waals surface area contributed by atoms with Gasteiger partial charge in [-0.3, -0.25) is 20.2 Å². The van der Waals surface area contributed by atoms with Crippen LogP contribution in [0.1, 0.15) is 11.1 Å². The van der Waals surface area contributed by atoms with Gasteiger partial charge >= 0.3 is 5.97 Å². The first-order valence-electron chi connectivity index (χ1n) is 7.49. The Morgan fingerprint density at radius 1 is 1.04 bits per heavy atom. The van der Waals surface area contributed by atoms with Gasteiger partial charge in [0.2, 0.25) is 5.90 Å². The molecule has 0 saturated heterocycles. The van der Waals surface area contributed by atoms with Gasteiger partial charge in [-0.15, -0.1) is 0 Å². The summed E-state index contributed by atoms with van der Waals surface area (Å²) in [5, 5.41) is 21.6. The monoisotopic (exact) mass is 369 g/mol. The van der Waals surface area contributed by atoms with Crippen molar-refractivity contribution in [1.29, 1.82) is 0 Å². The molecule has 0 spiro atoms. The Bertz CT molecular complexity index is 1010. The highest BCUT2D eigenvalue weighted by Crippen LogP contribution is 2.28. The predicted molar refractivity (Wildman–Crippen MR) is 93.4 cm³/mol. The molecule has 0 fully saturated rings. The average Bonchev–Trinajstić information content (AvgIpc) is 3.02. The van der Waals surface area contributed by atoms with E-state index in [9.17, 15) is 25.0 Å². The summed E-state index contributed by atoms with van der Waals surface area (Å²) < 4.78 is 10.2. The number of nitrogens with zero attached hydrogens (tertiary/aromatic N) is 3. The number of cyclic esters (lactones) is 1. The number of nitro benzene ring substituents is 2. The largest absolute Gasteiger partial charge is 0.496 e. The van der Waals surface area contributed by atoms with Gasteiger partial charge < -0.3 is 9.47 Å². The summed E-state index contributed by atoms with van der Waals surface area (Å²) in [5.41, 5.74) is 0.317. The third-order valence-electron chi connectivity index (χ3n) is 3.65. The maximum atomic E-state index is 12.1. The number of ether oxygens (including phenoxy) is 2. The third-order valence-corrected chi connectivity index (χ3v) is 3.65. The van der Waals surface area contributed by atoms with Crippen molar-refractivity contribution in [3.8, 4) is 5.75 Å². The zero-order chi connectivity index (χ0) is 19.6. The van der Waals surface area contributed by atoms with Gasteiger partial charge in [0.1, 0.15) is 5.75 Å². The predicted octanol–water partition coefficient (Wildman–Crippen LogP) is 2.86. The van der Waals surface area contributed by atoms with Crippen molar-refractivity contribution in [2.75, 3.05) is 7.11 Å². The molecule has 0 aromatic heterocycles. The molecule has 0 N–H and O–H groups in total. The second-order valence-electron chi connectivity index (χ2n) is 5.33. The fourth-order valence-corrected chi connectivity index (χ4v) is 2.35. The van der Waals surface area contributed by atoms with Crippen molar-refractivity contribution in [3.63, 3.8) is 0 Å². The molecule has 3 rings (SSSR count). The van der Waals surface area contributed by atoms with Gasteiger partial charge in [0.05, 0.1) is 22.5 Å². The minimum atomic E-state index is -0.753. The number of hydrogen-bond acceptors (Lipinski definition) is 8. The first-order chi connectivity index (χ1) is 12.9. The summed E-state index contributed by atoms with van der Waals surface area (Å²) in [6.45, 7) is 0. The Kier molecular flexibility index (Phi) is 4.62. The molecule has 0 bridgehead atoms. The highest BCUT2D eigenvalue weighted by atomic mass is 16.6. The molecule has 1 heterocycles. The molecular weight excluding hydrogens is 358 g/mol. The number of methoxy groups -OCH3 is 1. The van der Waals surface area contributed by atoms with Crippen molar-refractivity contribution in [2.45, 2.75) is 0 Å². The number of non-ortho nitro benzene ring substituents is 2. The fraction of sp³-hybridized carbons (Fsp3) is 0.0588. The van der Waals surface area contributed by atoms with Crippen LogP contribution >= 0.6 is 0 Å². The molecule has 0 amide bonds. The Morgan fingerprint density at radius 2 is 1.67 bits per heavy atom. The van der Waals surface area contributed by atoms with Crippen LogP contribution in [0.15, 0.2) is 53.2 Å². The van der Waals surface area contributed by atoms with E-state index >= 15 is 0 Å². The molecule has 0 saturated carbocycles. The van der Waals surface area contributed by atoms with Gasteiger partial charge in [0, 0.05) is 24.3 Å². The van der Waals surface area contributed by atoms with E-state index in [4.69, 9.17) is 9.47 Å². The smallest absolute Gasteiger partial charge is 0.363 e. The van der Waals surface area contributed by atoms with Gasteiger partial charge in [-0.2, -0.15) is 0 Å². The van der Waals surface area contributed by atoms with E-state index in [-0.39, 0.29) is 34.3 Å². The van der Waals surface area contributed by atoms with Gasteiger partial charge in [0.15, 0.2) is 5.70 Å². The normalized spacial score (nSPS) is 14.6. The lowest BCUT2D eigenvalue weighted by Crippen LogP contribution is -2.07. The number of rotatable bonds is 5. The molecule has 27 heavy (non-hydrogen) atoms. The minimum Gasteiger partial charge on any atom is -0.496 e. The molecule has 10 heteroatoms. The third kappa shape index (κ3) is 3.63. The van der Waals surface area contributed by atoms with Gasteiger partial charge in [-0.05, 0) is 29.8 Å². The second-order valence-corrected chi connectivity index (χ2v) is 5.33. The Hall–Kier alpha value is -4.08. The lowest BCUT2D eigenvalue weighted by atomic mass is 10.1. The molecule has 0 atom stereocenters. The van der Waals surface area contributed by atoms with E-state index in [2.05, 4.69) is 4.99 Å². The topological polar surface area (TPSA) is 134 Å². The quantitative estimate of drug-likeness (QED) is 0.342. The van der Waals surface area contributed by atoms with Gasteiger partial charge in [0.25, 0.3) is 11.4 Å². The molecule has 136 valence electrons. The van der Waals surface area contributed by atoms with E-state index in [1.54, 1.807) is 0 Å². The molecule has 0 unspecified atom stereocenters. The van der Waals surface area contributed by atoms with Crippen LogP contribution in [0.25, 0.3) is 6.08 Å². The lowest BCUT2D eigenvalue weighted by molar-refractivity contribution is -0.385. The molecule has 1 aliphatic heterocycles. The van der Waals surface area contributed by atoms with E-state index in [1.807, 2.05) is 0 Å². The van der Waals surface area contributed by atoms with Crippen molar-refractivity contribution in [2.24, 2.45) is 4.99 Å². The Labute approximate surface area is 151 Å². The number of hydrogen-bond donors (Lipinski definition) is 0. The fourth-order valence-electron chi connectivity index (χ4n) is 2.35. The van der Waals surface area contributed by atoms with Crippen LogP contribution in [-0.2, 0) is 9.53 Å². The van der Waals surface area contributed by atoms with Crippen molar-refractivity contribution < 1.29 is 24.1 Å². The minimum absolute atomic E-state index is 0.0487. The molecular formula is C17H11N3O7. The summed E-state index contributed by atoms with van der Waals surface area (Å²) in [4.78, 5) is 36.7. The summed E-state index contributed by atoms with van der Waals surface area (Å²) in [6, 6.07) is 9.33. The highest BCUT2D eigenvalue weighted by molar-refractivity contribution is 6.14. The number of esters is 1. The van der Waals surface area contributed by atoms with E-state index in [0.717, 1.165) is 0 Å². The van der Waals surface area contributed by atoms with E-state index in [1.165, 1.54) is 55.7 Å². The number of aliphatic imine (C=N–C) groups is 1. The number of carbonyl (C=O) groups is 1. The van der Waals surface area contributed by atoms with E-state index in [0.29, 0.717) is 5.56 Å². The van der Waals surface area contributed by atoms with Crippen LogP contribution in [0, 0.1) is 20.2 Å². The molecule has 0 radical (unpaired) electrons. The molecule has 10 nitrogen and oxygen atoms in total. The molecule has 0 aliphatic carbocycles. The molecule has 2 aromatic rings. The second kappa shape index (κ2) is 7.04. The number of nitro groups is 2. The molecule has 1 aliphatic rings. The highest BCUT2D eigenvalue weighted by Gasteiger charge is 2.27. The van der Waals surface area contributed by atoms with Crippen LogP contribution in [0.4, 0.5) is 11.4 Å². The van der Waals surface area contributed by atoms with Crippen LogP contribution in [-0.4, -0.2) is 28.8 Å². The first-order valence-corrected chi connectivity index (χ1v) is 7.49. The van der Waals surface area contributed by atoms with Crippen LogP contribution in [0.2, 0.25) is 0 Å². The molecule has 2 aromatic carbocycles. The Balaban J connectivity index is 1.97. The first kappa shape index (κ1) is 17.7. The van der Waals surface area contributed by atoms with E-state index < -0.39 is 15.8 Å². The summed E-state index contributed by atoms with van der Waals surface area (Å²) in [7, 11) is 1.37. The zero-order valence-electron chi connectivity index (χ0n) is 13.8. The number of carbonyl (C=O) groups excluding carboxylic acids is 1. The lowest BCUT2D eigenvalue weighted by Gasteiger charge is -2.06. The SMILES string of the molecule is COc1ccc([N+](=O)[O-])cc1C1=N/C(=C/c2ccc([N+](=O)[O-])cc2)C(=O)O1. The van der Waals surface area contributed by atoms with Crippen LogP contribution in [0.3, 0.4) is 0 Å². The van der Waals surface area contributed by atoms with Crippen molar-refractivity contribution in [1.82, 2.24) is 0 Å². The maximum absolute atomic E-state index is 12.1. The average molecular weight is 369 g/mol. The van der Waals surface area contributed by atoms with Crippen LogP contribution in [0.5, 0.6) is 5.75 Å². The van der Waals surface area contributed by atoms with Gasteiger partial charge in [-0.1, -0.05) is 0 Å². The standard InChI is InChI=1S/C17H11N3O7/c1-26-15-7-6-12(20(24)25)9-13(15)16-18-14(17(21)27-16)8-10-2-4-11(5-3-10)19(22)23/h2-9H,1H3/b14-8+. The van der Waals surface area contributed by atoms with Crippen LogP contribution < -0.4 is 4.74 Å². The summed E-state index contributed by atoms with van der Waals surface area (Å²) in [5.74, 6) is -0.630. The van der Waals surface area contributed by atoms with Crippen molar-refractivity contribution >= 4 is 29.3 Å². The summed E-state index contributed by atoms with van der Waals surface area (Å²) in [6.07, 6.45) is 1.39. The van der Waals surface area contributed by atoms with Gasteiger partial charge in [-0.25, -0.2) is 9.79 Å². The summed E-state index contributed by atoms with van der Waals surface area (Å²) >= 11 is 0. The van der Waals surface area contributed by atoms with Crippen molar-refractivity contribution in [3.05, 3.63) is 79.5 Å².